The van der Waals surface area contributed by atoms with Crippen LogP contribution in [0.5, 0.6) is 0 Å². The van der Waals surface area contributed by atoms with Crippen molar-refractivity contribution in [3.8, 4) is 0 Å². The van der Waals surface area contributed by atoms with Gasteiger partial charge in [0.15, 0.2) is 0 Å². The molecule has 0 atom stereocenters. The number of hydrogen-bond donors (Lipinski definition) is 2. The predicted molar refractivity (Wildman–Crippen MR) is 79.7 cm³/mol. The van der Waals surface area contributed by atoms with Crippen molar-refractivity contribution in [2.75, 3.05) is 31.9 Å². The smallest absolute Gasteiger partial charge is 0.268 e. The number of amides is 1. The van der Waals surface area contributed by atoms with Gasteiger partial charge in [0.1, 0.15) is 5.69 Å². The lowest BCUT2D eigenvalue weighted by Gasteiger charge is -2.26. The first-order valence-corrected chi connectivity index (χ1v) is 7.72. The maximum atomic E-state index is 12.2. The molecule has 1 aliphatic carbocycles. The van der Waals surface area contributed by atoms with Gasteiger partial charge in [-0.05, 0) is 44.8 Å². The highest BCUT2D eigenvalue weighted by Gasteiger charge is 2.27. The number of nitrogens with one attached hydrogen (secondary N) is 1. The van der Waals surface area contributed by atoms with E-state index in [4.69, 9.17) is 5.73 Å². The molecule has 5 nitrogen and oxygen atoms in total. The van der Waals surface area contributed by atoms with Gasteiger partial charge < -0.3 is 20.5 Å². The molecule has 1 aromatic heterocycles. The van der Waals surface area contributed by atoms with Crippen molar-refractivity contribution in [1.82, 2.24) is 14.8 Å². The van der Waals surface area contributed by atoms with E-state index in [9.17, 15) is 4.79 Å². The van der Waals surface area contributed by atoms with E-state index in [1.165, 1.54) is 32.4 Å². The summed E-state index contributed by atoms with van der Waals surface area (Å²) in [7, 11) is 0. The summed E-state index contributed by atoms with van der Waals surface area (Å²) in [6.45, 7) is 4.00. The molecule has 2 aliphatic rings. The fourth-order valence-corrected chi connectivity index (χ4v) is 2.94. The number of carbonyl (C=O) groups is 1. The third-order valence-corrected chi connectivity index (χ3v) is 4.20. The van der Waals surface area contributed by atoms with Gasteiger partial charge in [0.25, 0.3) is 5.91 Å². The summed E-state index contributed by atoms with van der Waals surface area (Å²) in [5, 5.41) is 3.03. The number of likely N-dealkylation sites (tertiary alicyclic amines) is 1. The third kappa shape index (κ3) is 3.15. The molecular weight excluding hydrogens is 252 g/mol. The van der Waals surface area contributed by atoms with Crippen LogP contribution < -0.4 is 11.1 Å². The molecular formula is C15H24N4O. The van der Waals surface area contributed by atoms with Gasteiger partial charge in [0.2, 0.25) is 0 Å². The summed E-state index contributed by atoms with van der Waals surface area (Å²) in [4.78, 5) is 14.7. The molecule has 0 unspecified atom stereocenters. The monoisotopic (exact) mass is 276 g/mol. The number of piperidine rings is 1. The highest BCUT2D eigenvalue weighted by Crippen LogP contribution is 2.37. The van der Waals surface area contributed by atoms with Crippen LogP contribution in [0.15, 0.2) is 12.3 Å². The van der Waals surface area contributed by atoms with Crippen LogP contribution in [0.4, 0.5) is 5.69 Å². The summed E-state index contributed by atoms with van der Waals surface area (Å²) in [5.41, 5.74) is 7.21. The Labute approximate surface area is 120 Å². The van der Waals surface area contributed by atoms with Crippen LogP contribution in [0, 0.1) is 0 Å². The Balaban J connectivity index is 1.51. The molecule has 20 heavy (non-hydrogen) atoms. The zero-order valence-electron chi connectivity index (χ0n) is 12.0. The number of nitrogen functional groups attached to an aromatic ring is 1. The molecule has 1 saturated heterocycles. The molecule has 0 radical (unpaired) electrons. The molecule has 2 heterocycles. The Hall–Kier alpha value is -1.49. The van der Waals surface area contributed by atoms with E-state index in [0.717, 1.165) is 19.4 Å². The van der Waals surface area contributed by atoms with Gasteiger partial charge in [-0.2, -0.15) is 0 Å². The lowest BCUT2D eigenvalue weighted by atomic mass is 10.1. The summed E-state index contributed by atoms with van der Waals surface area (Å²) >= 11 is 0. The van der Waals surface area contributed by atoms with Crippen molar-refractivity contribution in [3.63, 3.8) is 0 Å². The number of anilines is 1. The number of carbonyl (C=O) groups excluding carboxylic acids is 1. The molecule has 1 amide bonds. The van der Waals surface area contributed by atoms with Crippen LogP contribution in [-0.2, 0) is 0 Å². The van der Waals surface area contributed by atoms with E-state index < -0.39 is 0 Å². The summed E-state index contributed by atoms with van der Waals surface area (Å²) in [5.74, 6) is 0.00519. The molecule has 3 rings (SSSR count). The van der Waals surface area contributed by atoms with Gasteiger partial charge in [0.05, 0.1) is 5.69 Å². The van der Waals surface area contributed by atoms with Gasteiger partial charge in [-0.25, -0.2) is 0 Å². The maximum Gasteiger partial charge on any atom is 0.268 e. The first-order chi connectivity index (χ1) is 9.74. The number of nitrogens with two attached hydrogens (primary N) is 1. The van der Waals surface area contributed by atoms with Crippen LogP contribution in [0.1, 0.15) is 48.6 Å². The Morgan fingerprint density at radius 2 is 2.05 bits per heavy atom. The van der Waals surface area contributed by atoms with Crippen molar-refractivity contribution in [2.45, 2.75) is 38.1 Å². The Morgan fingerprint density at radius 3 is 2.75 bits per heavy atom. The van der Waals surface area contributed by atoms with Gasteiger partial charge in [0, 0.05) is 25.3 Å². The first-order valence-electron chi connectivity index (χ1n) is 7.72. The Kier molecular flexibility index (Phi) is 3.96. The van der Waals surface area contributed by atoms with Crippen LogP contribution >= 0.6 is 0 Å². The van der Waals surface area contributed by atoms with Crippen molar-refractivity contribution in [2.24, 2.45) is 0 Å². The van der Waals surface area contributed by atoms with Gasteiger partial charge in [-0.15, -0.1) is 0 Å². The zero-order chi connectivity index (χ0) is 13.9. The molecule has 5 heteroatoms. The molecule has 0 spiro atoms. The average molecular weight is 276 g/mol. The van der Waals surface area contributed by atoms with Gasteiger partial charge >= 0.3 is 0 Å². The third-order valence-electron chi connectivity index (χ3n) is 4.20. The van der Waals surface area contributed by atoms with Crippen molar-refractivity contribution in [3.05, 3.63) is 18.0 Å². The highest BCUT2D eigenvalue weighted by atomic mass is 16.1. The fourth-order valence-electron chi connectivity index (χ4n) is 2.94. The van der Waals surface area contributed by atoms with Crippen LogP contribution in [0.2, 0.25) is 0 Å². The zero-order valence-corrected chi connectivity index (χ0v) is 12.0. The van der Waals surface area contributed by atoms with E-state index >= 15 is 0 Å². The number of aromatic nitrogens is 1. The van der Waals surface area contributed by atoms with Gasteiger partial charge in [-0.3, -0.25) is 4.79 Å². The maximum absolute atomic E-state index is 12.2. The molecule has 2 fully saturated rings. The topological polar surface area (TPSA) is 63.3 Å². The quantitative estimate of drug-likeness (QED) is 0.859. The standard InChI is InChI=1S/C15H24N4O/c16-12-10-14(19(11-12)13-4-5-13)15(20)17-6-9-18-7-2-1-3-8-18/h10-11,13H,1-9,16H2,(H,17,20). The summed E-state index contributed by atoms with van der Waals surface area (Å²) in [6.07, 6.45) is 8.11. The molecule has 1 saturated carbocycles. The second-order valence-corrected chi connectivity index (χ2v) is 5.96. The minimum Gasteiger partial charge on any atom is -0.397 e. The average Bonchev–Trinajstić information content (AvgIpc) is 3.22. The largest absolute Gasteiger partial charge is 0.397 e. The minimum absolute atomic E-state index is 0.00519. The van der Waals surface area contributed by atoms with Crippen LogP contribution in [0.3, 0.4) is 0 Å². The Morgan fingerprint density at radius 1 is 1.30 bits per heavy atom. The SMILES string of the molecule is Nc1cc(C(=O)NCCN2CCCCC2)n(C2CC2)c1. The second-order valence-electron chi connectivity index (χ2n) is 5.96. The van der Waals surface area contributed by atoms with E-state index in [1.54, 1.807) is 6.07 Å². The van der Waals surface area contributed by atoms with Crippen LogP contribution in [0.25, 0.3) is 0 Å². The normalized spacial score (nSPS) is 20.0. The van der Waals surface area contributed by atoms with Gasteiger partial charge in [-0.1, -0.05) is 6.42 Å². The summed E-state index contributed by atoms with van der Waals surface area (Å²) in [6, 6.07) is 2.27. The van der Waals surface area contributed by atoms with E-state index in [0.29, 0.717) is 24.0 Å². The molecule has 1 aromatic rings. The summed E-state index contributed by atoms with van der Waals surface area (Å²) < 4.78 is 2.03. The van der Waals surface area contributed by atoms with Crippen molar-refractivity contribution in [1.29, 1.82) is 0 Å². The van der Waals surface area contributed by atoms with E-state index in [-0.39, 0.29) is 5.91 Å². The number of hydrogen-bond acceptors (Lipinski definition) is 3. The molecule has 0 aromatic carbocycles. The lowest BCUT2D eigenvalue weighted by molar-refractivity contribution is 0.0937. The van der Waals surface area contributed by atoms with E-state index in [2.05, 4.69) is 10.2 Å². The molecule has 110 valence electrons. The lowest BCUT2D eigenvalue weighted by Crippen LogP contribution is -2.38. The van der Waals surface area contributed by atoms with Crippen molar-refractivity contribution < 1.29 is 4.79 Å². The first kappa shape index (κ1) is 13.5. The highest BCUT2D eigenvalue weighted by molar-refractivity contribution is 5.93. The second kappa shape index (κ2) is 5.87. The number of nitrogens with zero attached hydrogens (tertiary/aromatic N) is 2. The molecule has 0 bridgehead atoms. The number of rotatable bonds is 5. The molecule has 1 aliphatic heterocycles. The van der Waals surface area contributed by atoms with E-state index in [1.807, 2.05) is 10.8 Å². The van der Waals surface area contributed by atoms with Crippen LogP contribution in [-0.4, -0.2) is 41.6 Å². The Bertz CT molecular complexity index is 472. The fraction of sp³-hybridized carbons (Fsp3) is 0.667. The minimum atomic E-state index is 0.00519. The van der Waals surface area contributed by atoms with Crippen molar-refractivity contribution >= 4 is 11.6 Å². The predicted octanol–water partition coefficient (Wildman–Crippen LogP) is 1.62. The molecule has 3 N–H and O–H groups in total.